The van der Waals surface area contributed by atoms with Crippen LogP contribution in [0.5, 0.6) is 0 Å². The first kappa shape index (κ1) is 7.47. The summed E-state index contributed by atoms with van der Waals surface area (Å²) in [5.74, 6) is 0. The Bertz CT molecular complexity index is 521. The SMILES string of the molecule is O=[n+]1ccn([O-])c2cnc[n+]([O-])c21. The molecule has 0 saturated carbocycles. The predicted octanol–water partition coefficient (Wildman–Crippen LogP) is -1.07. The Labute approximate surface area is 71.3 Å². The van der Waals surface area contributed by atoms with E-state index in [1.54, 1.807) is 0 Å². The highest BCUT2D eigenvalue weighted by Gasteiger charge is 2.17. The summed E-state index contributed by atoms with van der Waals surface area (Å²) >= 11 is 0. The standard InChI is InChI=1S/C6H4N4O3/c11-8-1-2-9(12)6-5(8)3-7-4-10(6)13/h1-4H. The molecule has 0 fully saturated rings. The molecule has 0 aliphatic carbocycles. The van der Waals surface area contributed by atoms with Crippen LogP contribution in [0.25, 0.3) is 11.2 Å². The van der Waals surface area contributed by atoms with E-state index in [-0.39, 0.29) is 15.9 Å². The average molecular weight is 180 g/mol. The normalized spacial score (nSPS) is 10.5. The summed E-state index contributed by atoms with van der Waals surface area (Å²) in [6, 6.07) is 0. The maximum atomic E-state index is 11.1. The quantitative estimate of drug-likeness (QED) is 0.381. The minimum absolute atomic E-state index is 0.0602. The van der Waals surface area contributed by atoms with Gasteiger partial charge in [0.05, 0.1) is 12.4 Å². The minimum Gasteiger partial charge on any atom is -0.805 e. The van der Waals surface area contributed by atoms with Crippen LogP contribution in [0.15, 0.2) is 24.9 Å². The minimum atomic E-state index is -0.271. The topological polar surface area (TPSA) is 90.8 Å². The molecular formula is C6H4N4O3. The fraction of sp³-hybridized carbons (Fsp3) is 0. The summed E-state index contributed by atoms with van der Waals surface area (Å²) in [4.78, 5) is 14.6. The zero-order valence-corrected chi connectivity index (χ0v) is 6.32. The van der Waals surface area contributed by atoms with Crippen molar-refractivity contribution in [2.45, 2.75) is 0 Å². The zero-order chi connectivity index (χ0) is 9.42. The molecule has 2 aromatic rings. The van der Waals surface area contributed by atoms with Crippen molar-refractivity contribution in [1.82, 2.24) is 9.71 Å². The Balaban J connectivity index is 3.09. The van der Waals surface area contributed by atoms with Crippen molar-refractivity contribution in [2.24, 2.45) is 0 Å². The van der Waals surface area contributed by atoms with Crippen LogP contribution < -0.4 is 9.16 Å². The number of nitrogens with zero attached hydrogens (tertiary/aromatic N) is 4. The first-order valence-electron chi connectivity index (χ1n) is 3.38. The first-order valence-corrected chi connectivity index (χ1v) is 3.38. The summed E-state index contributed by atoms with van der Waals surface area (Å²) < 4.78 is 0.972. The van der Waals surface area contributed by atoms with Gasteiger partial charge in [-0.25, -0.2) is 0 Å². The van der Waals surface area contributed by atoms with Gasteiger partial charge in [-0.15, -0.1) is 0 Å². The van der Waals surface area contributed by atoms with Crippen LogP contribution in [0.1, 0.15) is 0 Å². The molecule has 2 aromatic heterocycles. The highest BCUT2D eigenvalue weighted by molar-refractivity contribution is 5.62. The lowest BCUT2D eigenvalue weighted by Gasteiger charge is -2.07. The number of rotatable bonds is 0. The van der Waals surface area contributed by atoms with Gasteiger partial charge in [0.15, 0.2) is 0 Å². The van der Waals surface area contributed by atoms with Crippen molar-refractivity contribution in [3.05, 3.63) is 40.2 Å². The molecule has 0 atom stereocenters. The highest BCUT2D eigenvalue weighted by atomic mass is 16.5. The molecule has 0 radical (unpaired) electrons. The lowest BCUT2D eigenvalue weighted by molar-refractivity contribution is -0.652. The lowest BCUT2D eigenvalue weighted by atomic mass is 10.5. The summed E-state index contributed by atoms with van der Waals surface area (Å²) in [6.45, 7) is 0. The molecule has 7 nitrogen and oxygen atoms in total. The van der Waals surface area contributed by atoms with E-state index in [2.05, 4.69) is 4.98 Å². The van der Waals surface area contributed by atoms with Gasteiger partial charge in [0, 0.05) is 4.91 Å². The smallest absolute Gasteiger partial charge is 0.533 e. The van der Waals surface area contributed by atoms with Crippen molar-refractivity contribution >= 4 is 11.2 Å². The van der Waals surface area contributed by atoms with Crippen LogP contribution in [0, 0.1) is 15.3 Å². The van der Waals surface area contributed by atoms with Gasteiger partial charge in [0.1, 0.15) is 4.43 Å². The Morgan fingerprint density at radius 1 is 1.54 bits per heavy atom. The van der Waals surface area contributed by atoms with E-state index in [1.807, 2.05) is 0 Å². The van der Waals surface area contributed by atoms with E-state index in [1.165, 1.54) is 0 Å². The van der Waals surface area contributed by atoms with E-state index >= 15 is 0 Å². The van der Waals surface area contributed by atoms with Crippen molar-refractivity contribution in [1.29, 1.82) is 0 Å². The molecule has 2 rings (SSSR count). The van der Waals surface area contributed by atoms with Gasteiger partial charge in [-0.1, -0.05) is 4.73 Å². The molecule has 0 unspecified atom stereocenters. The molecule has 0 amide bonds. The van der Waals surface area contributed by atoms with Gasteiger partial charge >= 0.3 is 5.65 Å². The molecule has 2 heterocycles. The summed E-state index contributed by atoms with van der Waals surface area (Å²) in [5, 5.41) is 22.1. The highest BCUT2D eigenvalue weighted by Crippen LogP contribution is 1.99. The molecule has 13 heavy (non-hydrogen) atoms. The molecule has 0 aromatic carbocycles. The van der Waals surface area contributed by atoms with E-state index in [4.69, 9.17) is 0 Å². The number of hydrogen-bond acceptors (Lipinski definition) is 4. The summed E-state index contributed by atoms with van der Waals surface area (Å²) in [7, 11) is 0. The summed E-state index contributed by atoms with van der Waals surface area (Å²) in [6.07, 6.45) is 4.04. The Hall–Kier alpha value is -2.18. The fourth-order valence-corrected chi connectivity index (χ4v) is 1.03. The molecule has 0 N–H and O–H groups in total. The Kier molecular flexibility index (Phi) is 1.38. The predicted molar refractivity (Wildman–Crippen MR) is 40.8 cm³/mol. The second-order valence-corrected chi connectivity index (χ2v) is 2.38. The monoisotopic (exact) mass is 180 g/mol. The molecule has 0 bridgehead atoms. The third-order valence-electron chi connectivity index (χ3n) is 1.59. The molecule has 0 aliphatic rings. The molecule has 0 spiro atoms. The first-order chi connectivity index (χ1) is 6.20. The number of fused-ring (bicyclic) bond motifs is 1. The number of hydrogen-bond donors (Lipinski definition) is 0. The second kappa shape index (κ2) is 2.41. The average Bonchev–Trinajstić information content (AvgIpc) is 2.12. The zero-order valence-electron chi connectivity index (χ0n) is 6.32. The molecule has 0 aliphatic heterocycles. The van der Waals surface area contributed by atoms with Crippen LogP contribution in [-0.2, 0) is 0 Å². The molecule has 66 valence electrons. The lowest BCUT2D eigenvalue weighted by Crippen LogP contribution is -2.37. The van der Waals surface area contributed by atoms with E-state index in [0.717, 1.165) is 24.9 Å². The van der Waals surface area contributed by atoms with E-state index in [0.29, 0.717) is 9.16 Å². The third kappa shape index (κ3) is 0.975. The van der Waals surface area contributed by atoms with Gasteiger partial charge in [0.25, 0.3) is 12.5 Å². The van der Waals surface area contributed by atoms with Gasteiger partial charge in [-0.3, -0.25) is 0 Å². The van der Waals surface area contributed by atoms with E-state index < -0.39 is 0 Å². The molecular weight excluding hydrogens is 176 g/mol. The van der Waals surface area contributed by atoms with Crippen LogP contribution in [-0.4, -0.2) is 9.71 Å². The van der Waals surface area contributed by atoms with Gasteiger partial charge in [-0.2, -0.15) is 4.98 Å². The van der Waals surface area contributed by atoms with Crippen molar-refractivity contribution in [3.63, 3.8) is 0 Å². The maximum Gasteiger partial charge on any atom is 0.533 e. The Morgan fingerprint density at radius 2 is 2.31 bits per heavy atom. The van der Waals surface area contributed by atoms with Crippen molar-refractivity contribution < 1.29 is 9.16 Å². The largest absolute Gasteiger partial charge is 0.805 e. The van der Waals surface area contributed by atoms with Crippen LogP contribution >= 0.6 is 0 Å². The number of aromatic nitrogens is 4. The summed E-state index contributed by atoms with van der Waals surface area (Å²) in [5.41, 5.74) is -0.331. The fourth-order valence-electron chi connectivity index (χ4n) is 1.03. The Morgan fingerprint density at radius 3 is 3.00 bits per heavy atom. The van der Waals surface area contributed by atoms with Gasteiger partial charge in [0.2, 0.25) is 5.52 Å². The molecule has 0 saturated heterocycles. The maximum absolute atomic E-state index is 11.1. The van der Waals surface area contributed by atoms with Gasteiger partial charge in [-0.05, 0) is 0 Å². The van der Waals surface area contributed by atoms with Crippen LogP contribution in [0.3, 0.4) is 0 Å². The third-order valence-corrected chi connectivity index (χ3v) is 1.59. The molecule has 7 heteroatoms. The van der Waals surface area contributed by atoms with Gasteiger partial charge < -0.3 is 15.1 Å². The van der Waals surface area contributed by atoms with Crippen LogP contribution in [0.4, 0.5) is 0 Å². The second-order valence-electron chi connectivity index (χ2n) is 2.38. The van der Waals surface area contributed by atoms with Crippen molar-refractivity contribution in [3.8, 4) is 0 Å². The van der Waals surface area contributed by atoms with Crippen LogP contribution in [0.2, 0.25) is 0 Å². The van der Waals surface area contributed by atoms with Crippen molar-refractivity contribution in [2.75, 3.05) is 0 Å². The van der Waals surface area contributed by atoms with E-state index in [9.17, 15) is 15.3 Å².